The minimum Gasteiger partial charge on any atom is -0.352 e. The van der Waals surface area contributed by atoms with Crippen LogP contribution in [0.4, 0.5) is 4.39 Å². The molecule has 0 heterocycles. The van der Waals surface area contributed by atoms with Gasteiger partial charge >= 0.3 is 0 Å². The largest absolute Gasteiger partial charge is 0.352 e. The van der Waals surface area contributed by atoms with E-state index in [1.807, 2.05) is 6.92 Å². The summed E-state index contributed by atoms with van der Waals surface area (Å²) in [5, 5.41) is 2.60. The van der Waals surface area contributed by atoms with Crippen LogP contribution in [0.2, 0.25) is 0 Å². The lowest BCUT2D eigenvalue weighted by molar-refractivity contribution is -0.120. The molecule has 0 radical (unpaired) electrons. The van der Waals surface area contributed by atoms with Crippen molar-refractivity contribution in [2.75, 3.05) is 5.75 Å². The Kier molecular flexibility index (Phi) is 6.12. The first-order valence-corrected chi connectivity index (χ1v) is 9.72. The standard InChI is InChI=1S/C17H17BrFNO3S/c1-12-2-5-15(6-3-12)24(22,23)9-8-17(21)20-11-13-10-14(19)4-7-16(13)18/h2-7,10H,8-9,11H2,1H3,(H,20,21). The molecule has 0 saturated heterocycles. The molecular weight excluding hydrogens is 397 g/mol. The molecule has 1 amide bonds. The molecule has 2 aromatic rings. The monoisotopic (exact) mass is 413 g/mol. The van der Waals surface area contributed by atoms with Gasteiger partial charge in [-0.1, -0.05) is 33.6 Å². The van der Waals surface area contributed by atoms with Crippen molar-refractivity contribution in [2.24, 2.45) is 0 Å². The summed E-state index contributed by atoms with van der Waals surface area (Å²) in [7, 11) is -3.50. The molecule has 2 rings (SSSR count). The van der Waals surface area contributed by atoms with Gasteiger partial charge in [0.05, 0.1) is 10.6 Å². The molecule has 0 bridgehead atoms. The zero-order valence-electron chi connectivity index (χ0n) is 13.1. The second kappa shape index (κ2) is 7.90. The Morgan fingerprint density at radius 1 is 1.17 bits per heavy atom. The summed E-state index contributed by atoms with van der Waals surface area (Å²) < 4.78 is 38.2. The van der Waals surface area contributed by atoms with E-state index in [0.717, 1.165) is 5.56 Å². The van der Waals surface area contributed by atoms with Gasteiger partial charge < -0.3 is 5.32 Å². The Balaban J connectivity index is 1.91. The fourth-order valence-electron chi connectivity index (χ4n) is 2.05. The second-order valence-corrected chi connectivity index (χ2v) is 8.36. The number of carbonyl (C=O) groups excluding carboxylic acids is 1. The van der Waals surface area contributed by atoms with Crippen molar-refractivity contribution in [3.8, 4) is 0 Å². The predicted molar refractivity (Wildman–Crippen MR) is 93.8 cm³/mol. The van der Waals surface area contributed by atoms with E-state index in [2.05, 4.69) is 21.2 Å². The van der Waals surface area contributed by atoms with E-state index in [0.29, 0.717) is 10.0 Å². The number of rotatable bonds is 6. The van der Waals surface area contributed by atoms with Gasteiger partial charge in [-0.2, -0.15) is 0 Å². The zero-order valence-corrected chi connectivity index (χ0v) is 15.5. The van der Waals surface area contributed by atoms with E-state index in [-0.39, 0.29) is 23.6 Å². The number of hydrogen-bond donors (Lipinski definition) is 1. The normalized spacial score (nSPS) is 11.3. The number of benzene rings is 2. The average Bonchev–Trinajstić information content (AvgIpc) is 2.54. The second-order valence-electron chi connectivity index (χ2n) is 5.39. The van der Waals surface area contributed by atoms with Crippen LogP contribution in [-0.2, 0) is 21.2 Å². The van der Waals surface area contributed by atoms with Crippen molar-refractivity contribution in [2.45, 2.75) is 24.8 Å². The Hall–Kier alpha value is -1.73. The van der Waals surface area contributed by atoms with Gasteiger partial charge in [-0.25, -0.2) is 12.8 Å². The van der Waals surface area contributed by atoms with Crippen LogP contribution in [0.15, 0.2) is 51.8 Å². The smallest absolute Gasteiger partial charge is 0.221 e. The van der Waals surface area contributed by atoms with Crippen LogP contribution in [0.3, 0.4) is 0 Å². The summed E-state index contributed by atoms with van der Waals surface area (Å²) in [5.41, 5.74) is 1.55. The summed E-state index contributed by atoms with van der Waals surface area (Å²) in [6.07, 6.45) is -0.150. The zero-order chi connectivity index (χ0) is 17.7. The highest BCUT2D eigenvalue weighted by Crippen LogP contribution is 2.18. The van der Waals surface area contributed by atoms with Crippen LogP contribution >= 0.6 is 15.9 Å². The molecule has 0 aliphatic rings. The summed E-state index contributed by atoms with van der Waals surface area (Å²) in [6, 6.07) is 10.7. The van der Waals surface area contributed by atoms with Gasteiger partial charge in [-0.3, -0.25) is 4.79 Å². The highest BCUT2D eigenvalue weighted by molar-refractivity contribution is 9.10. The van der Waals surface area contributed by atoms with Crippen molar-refractivity contribution in [1.29, 1.82) is 0 Å². The molecule has 0 aliphatic heterocycles. The maximum Gasteiger partial charge on any atom is 0.221 e. The van der Waals surface area contributed by atoms with Crippen molar-refractivity contribution in [3.05, 3.63) is 63.9 Å². The number of sulfone groups is 1. The Morgan fingerprint density at radius 2 is 1.83 bits per heavy atom. The van der Waals surface area contributed by atoms with Crippen molar-refractivity contribution >= 4 is 31.7 Å². The molecule has 7 heteroatoms. The highest BCUT2D eigenvalue weighted by Gasteiger charge is 2.16. The molecule has 0 atom stereocenters. The molecule has 0 aromatic heterocycles. The third kappa shape index (κ3) is 5.14. The Bertz CT molecular complexity index is 835. The van der Waals surface area contributed by atoms with Crippen LogP contribution < -0.4 is 5.32 Å². The van der Waals surface area contributed by atoms with E-state index >= 15 is 0 Å². The van der Waals surface area contributed by atoms with E-state index in [1.165, 1.54) is 24.3 Å². The van der Waals surface area contributed by atoms with E-state index in [4.69, 9.17) is 0 Å². The number of hydrogen-bond acceptors (Lipinski definition) is 3. The molecule has 2 aromatic carbocycles. The maximum atomic E-state index is 13.2. The first-order valence-electron chi connectivity index (χ1n) is 7.28. The Labute approximate surface area is 149 Å². The molecule has 0 spiro atoms. The lowest BCUT2D eigenvalue weighted by Crippen LogP contribution is -2.25. The molecule has 0 aliphatic carbocycles. The molecule has 0 unspecified atom stereocenters. The highest BCUT2D eigenvalue weighted by atomic mass is 79.9. The van der Waals surface area contributed by atoms with Crippen LogP contribution in [0.1, 0.15) is 17.5 Å². The van der Waals surface area contributed by atoms with E-state index in [1.54, 1.807) is 18.2 Å². The molecule has 0 saturated carbocycles. The molecule has 1 N–H and O–H groups in total. The van der Waals surface area contributed by atoms with Gasteiger partial charge in [0.25, 0.3) is 0 Å². The summed E-state index contributed by atoms with van der Waals surface area (Å²) >= 11 is 3.27. The van der Waals surface area contributed by atoms with Crippen LogP contribution in [-0.4, -0.2) is 20.1 Å². The fraction of sp³-hybridized carbons (Fsp3) is 0.235. The number of aryl methyl sites for hydroxylation is 1. The van der Waals surface area contributed by atoms with Crippen molar-refractivity contribution in [3.63, 3.8) is 0 Å². The van der Waals surface area contributed by atoms with Crippen molar-refractivity contribution < 1.29 is 17.6 Å². The SMILES string of the molecule is Cc1ccc(S(=O)(=O)CCC(=O)NCc2cc(F)ccc2Br)cc1. The third-order valence-electron chi connectivity index (χ3n) is 3.46. The van der Waals surface area contributed by atoms with Crippen molar-refractivity contribution in [1.82, 2.24) is 5.32 Å². The number of nitrogens with one attached hydrogen (secondary N) is 1. The van der Waals surface area contributed by atoms with Gasteiger partial charge in [0, 0.05) is 17.4 Å². The predicted octanol–water partition coefficient (Wildman–Crippen LogP) is 3.38. The topological polar surface area (TPSA) is 63.2 Å². The van der Waals surface area contributed by atoms with Crippen LogP contribution in [0.5, 0.6) is 0 Å². The fourth-order valence-corrected chi connectivity index (χ4v) is 3.68. The quantitative estimate of drug-likeness (QED) is 0.789. The van der Waals surface area contributed by atoms with Gasteiger partial charge in [0.2, 0.25) is 5.91 Å². The maximum absolute atomic E-state index is 13.2. The van der Waals surface area contributed by atoms with Gasteiger partial charge in [-0.05, 0) is 42.8 Å². The number of amides is 1. The minimum absolute atomic E-state index is 0.127. The van der Waals surface area contributed by atoms with Gasteiger partial charge in [0.1, 0.15) is 5.82 Å². The summed E-state index contributed by atoms with van der Waals surface area (Å²) in [4.78, 5) is 12.1. The van der Waals surface area contributed by atoms with Crippen LogP contribution in [0.25, 0.3) is 0 Å². The van der Waals surface area contributed by atoms with E-state index in [9.17, 15) is 17.6 Å². The number of carbonyl (C=O) groups is 1. The molecule has 24 heavy (non-hydrogen) atoms. The molecule has 128 valence electrons. The molecular formula is C17H17BrFNO3S. The Morgan fingerprint density at radius 3 is 2.50 bits per heavy atom. The van der Waals surface area contributed by atoms with Gasteiger partial charge in [-0.15, -0.1) is 0 Å². The first kappa shape index (κ1) is 18.6. The van der Waals surface area contributed by atoms with Crippen LogP contribution in [0, 0.1) is 12.7 Å². The lowest BCUT2D eigenvalue weighted by Gasteiger charge is -2.08. The van der Waals surface area contributed by atoms with E-state index < -0.39 is 21.6 Å². The minimum atomic E-state index is -3.50. The third-order valence-corrected chi connectivity index (χ3v) is 5.97. The average molecular weight is 414 g/mol. The first-order chi connectivity index (χ1) is 11.3. The summed E-state index contributed by atoms with van der Waals surface area (Å²) in [5.74, 6) is -1.07. The van der Waals surface area contributed by atoms with Gasteiger partial charge in [0.15, 0.2) is 9.84 Å². The molecule has 0 fully saturated rings. The lowest BCUT2D eigenvalue weighted by atomic mass is 10.2. The summed E-state index contributed by atoms with van der Waals surface area (Å²) in [6.45, 7) is 2.00. The number of halogens is 2. The molecule has 4 nitrogen and oxygen atoms in total.